The Balaban J connectivity index is 1.81. The number of hydrogen-bond acceptors (Lipinski definition) is 2. The summed E-state index contributed by atoms with van der Waals surface area (Å²) in [5.41, 5.74) is 2.40. The predicted molar refractivity (Wildman–Crippen MR) is 110 cm³/mol. The van der Waals surface area contributed by atoms with Crippen molar-refractivity contribution in [2.75, 3.05) is 7.05 Å². The van der Waals surface area contributed by atoms with E-state index in [9.17, 15) is 4.79 Å². The van der Waals surface area contributed by atoms with Crippen LogP contribution in [-0.2, 0) is 17.6 Å². The van der Waals surface area contributed by atoms with Crippen LogP contribution in [-0.4, -0.2) is 37.6 Å². The van der Waals surface area contributed by atoms with Gasteiger partial charge < -0.3 is 4.90 Å². The maximum atomic E-state index is 12.3. The molecule has 140 valence electrons. The molecule has 1 N–H and O–H groups in total. The summed E-state index contributed by atoms with van der Waals surface area (Å²) in [5.74, 6) is 0.191. The van der Waals surface area contributed by atoms with Gasteiger partial charge in [0, 0.05) is 15.1 Å². The summed E-state index contributed by atoms with van der Waals surface area (Å²) in [7, 11) is 0.964. The van der Waals surface area contributed by atoms with Crippen LogP contribution in [0.1, 0.15) is 44.7 Å². The van der Waals surface area contributed by atoms with Gasteiger partial charge in [-0.05, 0) is 44.2 Å². The molecule has 1 amide bonds. The van der Waals surface area contributed by atoms with Gasteiger partial charge in [0.05, 0.1) is 11.7 Å². The molecule has 1 heterocycles. The van der Waals surface area contributed by atoms with Crippen molar-refractivity contribution in [3.05, 3.63) is 35.4 Å². The second kappa shape index (κ2) is 8.04. The van der Waals surface area contributed by atoms with Crippen LogP contribution in [0.4, 0.5) is 0 Å². The fraction of sp³-hybridized carbons (Fsp3) is 0.667. The van der Waals surface area contributed by atoms with Crippen LogP contribution in [0.15, 0.2) is 24.3 Å². The van der Waals surface area contributed by atoms with E-state index in [-0.39, 0.29) is 17.6 Å². The Morgan fingerprint density at radius 3 is 2.24 bits per heavy atom. The normalized spacial score (nSPS) is 20.3. The first-order valence-electron chi connectivity index (χ1n) is 9.78. The molecule has 25 heavy (non-hydrogen) atoms. The average Bonchev–Trinajstić information content (AvgIpc) is 2.76. The predicted octanol–water partition coefficient (Wildman–Crippen LogP) is 4.45. The Hall–Kier alpha value is -1.13. The molecule has 0 radical (unpaired) electrons. The van der Waals surface area contributed by atoms with E-state index in [0.717, 1.165) is 6.42 Å². The largest absolute Gasteiger partial charge is 0.327 e. The first kappa shape index (κ1) is 20.2. The SMILES string of the molecule is CC[Si](C)(C)CCCCc1ccc(CC2NC(C)(C)N(C)C2=O)cc1. The van der Waals surface area contributed by atoms with Crippen LogP contribution in [0.5, 0.6) is 0 Å². The Kier molecular flexibility index (Phi) is 6.49. The number of unbranched alkanes of at least 4 members (excludes halogenated alkanes) is 1. The van der Waals surface area contributed by atoms with Gasteiger partial charge in [0.1, 0.15) is 0 Å². The highest BCUT2D eigenvalue weighted by molar-refractivity contribution is 6.77. The maximum Gasteiger partial charge on any atom is 0.241 e. The minimum atomic E-state index is -0.912. The van der Waals surface area contributed by atoms with Gasteiger partial charge in [-0.1, -0.05) is 62.8 Å². The molecule has 0 aliphatic carbocycles. The molecule has 2 rings (SSSR count). The number of nitrogens with zero attached hydrogens (tertiary/aromatic N) is 1. The van der Waals surface area contributed by atoms with Crippen LogP contribution in [0.25, 0.3) is 0 Å². The van der Waals surface area contributed by atoms with Crippen molar-refractivity contribution >= 4 is 14.0 Å². The van der Waals surface area contributed by atoms with Crippen LogP contribution >= 0.6 is 0 Å². The first-order chi connectivity index (χ1) is 11.6. The van der Waals surface area contributed by atoms with Gasteiger partial charge in [-0.15, -0.1) is 0 Å². The fourth-order valence-electron chi connectivity index (χ4n) is 3.42. The zero-order valence-electron chi connectivity index (χ0n) is 17.0. The summed E-state index contributed by atoms with van der Waals surface area (Å²) in [6, 6.07) is 11.6. The third-order valence-corrected chi connectivity index (χ3v) is 9.60. The number of benzene rings is 1. The Bertz CT molecular complexity index is 580. The molecule has 1 atom stereocenters. The van der Waals surface area contributed by atoms with E-state index >= 15 is 0 Å². The van der Waals surface area contributed by atoms with Gasteiger partial charge in [0.25, 0.3) is 0 Å². The molecule has 1 aliphatic rings. The molecule has 0 saturated carbocycles. The quantitative estimate of drug-likeness (QED) is 0.549. The van der Waals surface area contributed by atoms with E-state index in [1.807, 2.05) is 11.9 Å². The number of hydrogen-bond donors (Lipinski definition) is 1. The maximum absolute atomic E-state index is 12.3. The number of nitrogens with one attached hydrogen (secondary N) is 1. The van der Waals surface area contributed by atoms with Crippen molar-refractivity contribution in [3.8, 4) is 0 Å². The molecule has 1 aliphatic heterocycles. The molecule has 1 fully saturated rings. The molecular formula is C21H36N2OSi. The van der Waals surface area contributed by atoms with Gasteiger partial charge in [0.2, 0.25) is 5.91 Å². The van der Waals surface area contributed by atoms with Crippen molar-refractivity contribution in [3.63, 3.8) is 0 Å². The summed E-state index contributed by atoms with van der Waals surface area (Å²) in [6.45, 7) is 11.4. The minimum Gasteiger partial charge on any atom is -0.327 e. The lowest BCUT2D eigenvalue weighted by Gasteiger charge is -2.27. The Morgan fingerprint density at radius 2 is 1.72 bits per heavy atom. The zero-order chi connectivity index (χ0) is 18.7. The molecule has 1 unspecified atom stereocenters. The lowest BCUT2D eigenvalue weighted by Crippen LogP contribution is -2.45. The standard InChI is InChI=1S/C21H36N2OSi/c1-7-25(5,6)15-9-8-10-17-11-13-18(14-12-17)16-19-20(24)23(4)21(2,3)22-19/h11-14,19,22H,7-10,15-16H2,1-6H3. The van der Waals surface area contributed by atoms with Crippen molar-refractivity contribution in [2.45, 2.75) is 83.3 Å². The second-order valence-corrected chi connectivity index (χ2v) is 14.4. The van der Waals surface area contributed by atoms with Crippen molar-refractivity contribution in [2.24, 2.45) is 0 Å². The van der Waals surface area contributed by atoms with E-state index in [4.69, 9.17) is 0 Å². The molecule has 3 nitrogen and oxygen atoms in total. The third kappa shape index (κ3) is 5.42. The molecule has 0 bridgehead atoms. The minimum absolute atomic E-state index is 0.105. The van der Waals surface area contributed by atoms with Crippen LogP contribution in [0.3, 0.4) is 0 Å². The highest BCUT2D eigenvalue weighted by atomic mass is 28.3. The van der Waals surface area contributed by atoms with Gasteiger partial charge >= 0.3 is 0 Å². The monoisotopic (exact) mass is 360 g/mol. The lowest BCUT2D eigenvalue weighted by atomic mass is 10.0. The van der Waals surface area contributed by atoms with E-state index in [1.54, 1.807) is 0 Å². The van der Waals surface area contributed by atoms with Crippen molar-refractivity contribution < 1.29 is 4.79 Å². The van der Waals surface area contributed by atoms with Gasteiger partial charge in [-0.2, -0.15) is 0 Å². The van der Waals surface area contributed by atoms with Gasteiger partial charge in [0.15, 0.2) is 0 Å². The number of carbonyl (C=O) groups is 1. The third-order valence-electron chi connectivity index (χ3n) is 5.98. The molecule has 0 aromatic heterocycles. The molecule has 1 aromatic carbocycles. The number of aryl methyl sites for hydroxylation is 1. The summed E-state index contributed by atoms with van der Waals surface area (Å²) in [5, 5.41) is 3.43. The number of carbonyl (C=O) groups excluding carboxylic acids is 1. The molecule has 1 saturated heterocycles. The summed E-state index contributed by atoms with van der Waals surface area (Å²) < 4.78 is 0. The zero-order valence-corrected chi connectivity index (χ0v) is 18.0. The van der Waals surface area contributed by atoms with E-state index in [1.165, 1.54) is 42.5 Å². The van der Waals surface area contributed by atoms with Crippen molar-refractivity contribution in [1.82, 2.24) is 10.2 Å². The smallest absolute Gasteiger partial charge is 0.241 e. The van der Waals surface area contributed by atoms with Gasteiger partial charge in [-0.3, -0.25) is 10.1 Å². The Morgan fingerprint density at radius 1 is 1.12 bits per heavy atom. The number of amides is 1. The highest BCUT2D eigenvalue weighted by Crippen LogP contribution is 2.22. The van der Waals surface area contributed by atoms with E-state index in [2.05, 4.69) is 63.4 Å². The number of likely N-dealkylation sites (N-methyl/N-ethyl adjacent to an activating group) is 1. The van der Waals surface area contributed by atoms with E-state index < -0.39 is 8.07 Å². The van der Waals surface area contributed by atoms with Crippen LogP contribution in [0, 0.1) is 0 Å². The van der Waals surface area contributed by atoms with E-state index in [0.29, 0.717) is 0 Å². The second-order valence-electron chi connectivity index (χ2n) is 8.90. The number of rotatable bonds is 8. The summed E-state index contributed by atoms with van der Waals surface area (Å²) >= 11 is 0. The van der Waals surface area contributed by atoms with Crippen LogP contribution < -0.4 is 5.32 Å². The molecule has 4 heteroatoms. The molecule has 0 spiro atoms. The fourth-order valence-corrected chi connectivity index (χ4v) is 4.98. The first-order valence-corrected chi connectivity index (χ1v) is 13.2. The topological polar surface area (TPSA) is 32.3 Å². The summed E-state index contributed by atoms with van der Waals surface area (Å²) in [4.78, 5) is 14.2. The summed E-state index contributed by atoms with van der Waals surface area (Å²) in [6.07, 6.45) is 4.59. The molecule has 1 aromatic rings. The van der Waals surface area contributed by atoms with Crippen LogP contribution in [0.2, 0.25) is 25.2 Å². The molecular weight excluding hydrogens is 324 g/mol. The lowest BCUT2D eigenvalue weighted by molar-refractivity contribution is -0.129. The average molecular weight is 361 g/mol. The van der Waals surface area contributed by atoms with Gasteiger partial charge in [-0.25, -0.2) is 0 Å². The Labute approximate surface area is 155 Å². The van der Waals surface area contributed by atoms with Crippen molar-refractivity contribution in [1.29, 1.82) is 0 Å². The highest BCUT2D eigenvalue weighted by Gasteiger charge is 2.41.